The van der Waals surface area contributed by atoms with Crippen molar-refractivity contribution in [2.75, 3.05) is 12.8 Å². The molecule has 2 rings (SSSR count). The van der Waals surface area contributed by atoms with Crippen LogP contribution in [-0.4, -0.2) is 35.0 Å². The molecule has 0 unspecified atom stereocenters. The van der Waals surface area contributed by atoms with Gasteiger partial charge in [-0.2, -0.15) is 9.40 Å². The van der Waals surface area contributed by atoms with Crippen LogP contribution in [0.5, 0.6) is 0 Å². The Morgan fingerprint density at radius 2 is 2.15 bits per heavy atom. The van der Waals surface area contributed by atoms with Crippen molar-refractivity contribution in [1.82, 2.24) is 19.5 Å². The van der Waals surface area contributed by atoms with Gasteiger partial charge in [-0.1, -0.05) is 0 Å². The molecule has 0 bridgehead atoms. The monoisotopic (exact) mass is 299 g/mol. The van der Waals surface area contributed by atoms with Gasteiger partial charge >= 0.3 is 0 Å². The summed E-state index contributed by atoms with van der Waals surface area (Å²) in [5.41, 5.74) is 5.92. The van der Waals surface area contributed by atoms with Gasteiger partial charge in [0, 0.05) is 18.3 Å². The number of anilines is 1. The number of benzene rings is 1. The molecule has 0 spiro atoms. The van der Waals surface area contributed by atoms with Gasteiger partial charge in [-0.25, -0.2) is 17.8 Å². The quantitative estimate of drug-likeness (QED) is 0.807. The Labute approximate surface area is 115 Å². The highest BCUT2D eigenvalue weighted by Crippen LogP contribution is 2.23. The number of sulfonamides is 1. The summed E-state index contributed by atoms with van der Waals surface area (Å²) < 4.78 is 39.3. The third-order valence-corrected chi connectivity index (χ3v) is 4.68. The lowest BCUT2D eigenvalue weighted by Gasteiger charge is -2.16. The van der Waals surface area contributed by atoms with Crippen molar-refractivity contribution in [1.29, 1.82) is 0 Å². The van der Waals surface area contributed by atoms with Crippen molar-refractivity contribution in [2.24, 2.45) is 0 Å². The molecular formula is C11H14FN5O2S. The number of nitrogens with one attached hydrogen (secondary N) is 1. The summed E-state index contributed by atoms with van der Waals surface area (Å²) in [6.45, 7) is 1.48. The Bertz CT molecular complexity index is 691. The topological polar surface area (TPSA) is 105 Å². The molecule has 0 atom stereocenters. The zero-order chi connectivity index (χ0) is 14.9. The minimum absolute atomic E-state index is 0.00225. The van der Waals surface area contributed by atoms with Gasteiger partial charge in [0.15, 0.2) is 0 Å². The maximum atomic E-state index is 13.6. The molecule has 0 aliphatic heterocycles. The molecule has 2 aromatic rings. The van der Waals surface area contributed by atoms with Crippen LogP contribution in [-0.2, 0) is 16.6 Å². The molecule has 0 radical (unpaired) electrons. The van der Waals surface area contributed by atoms with Crippen LogP contribution in [0.15, 0.2) is 23.4 Å². The van der Waals surface area contributed by atoms with E-state index in [1.54, 1.807) is 0 Å². The van der Waals surface area contributed by atoms with Crippen molar-refractivity contribution >= 4 is 15.7 Å². The van der Waals surface area contributed by atoms with E-state index in [-0.39, 0.29) is 22.7 Å². The number of H-pyrrole nitrogens is 1. The Balaban J connectivity index is 2.35. The predicted molar refractivity (Wildman–Crippen MR) is 70.6 cm³/mol. The van der Waals surface area contributed by atoms with E-state index >= 15 is 0 Å². The molecular weight excluding hydrogens is 285 g/mol. The first-order valence-corrected chi connectivity index (χ1v) is 7.12. The van der Waals surface area contributed by atoms with Gasteiger partial charge in [-0.05, 0) is 19.1 Å². The van der Waals surface area contributed by atoms with Crippen LogP contribution in [0.4, 0.5) is 10.1 Å². The number of halogens is 1. The molecule has 0 saturated carbocycles. The normalized spacial score (nSPS) is 12.0. The first kappa shape index (κ1) is 14.4. The molecule has 1 aromatic heterocycles. The first-order valence-electron chi connectivity index (χ1n) is 5.68. The average Bonchev–Trinajstić information content (AvgIpc) is 2.88. The second kappa shape index (κ2) is 5.17. The van der Waals surface area contributed by atoms with E-state index in [0.29, 0.717) is 5.82 Å². The van der Waals surface area contributed by atoms with Crippen molar-refractivity contribution in [3.63, 3.8) is 0 Å². The van der Waals surface area contributed by atoms with Crippen molar-refractivity contribution in [3.05, 3.63) is 35.7 Å². The maximum absolute atomic E-state index is 13.6. The van der Waals surface area contributed by atoms with Crippen LogP contribution in [0.3, 0.4) is 0 Å². The van der Waals surface area contributed by atoms with Gasteiger partial charge < -0.3 is 5.73 Å². The predicted octanol–water partition coefficient (Wildman–Crippen LogP) is 0.655. The van der Waals surface area contributed by atoms with E-state index in [2.05, 4.69) is 15.2 Å². The lowest BCUT2D eigenvalue weighted by atomic mass is 10.2. The number of hydrogen-bond donors (Lipinski definition) is 2. The van der Waals surface area contributed by atoms with Gasteiger partial charge in [-0.3, -0.25) is 5.10 Å². The van der Waals surface area contributed by atoms with Crippen LogP contribution < -0.4 is 5.73 Å². The highest BCUT2D eigenvalue weighted by atomic mass is 32.2. The summed E-state index contributed by atoms with van der Waals surface area (Å²) >= 11 is 0. The number of aromatic amines is 1. The standard InChI is InChI=1S/C11H14FN5O2S/c1-7-9(12)3-8(4-10(7)13)20(18,19)17(2)5-11-14-6-15-16-11/h3-4,6H,5,13H2,1-2H3,(H,14,15,16). The van der Waals surface area contributed by atoms with Crippen LogP contribution in [0.1, 0.15) is 11.4 Å². The van der Waals surface area contributed by atoms with Crippen LogP contribution >= 0.6 is 0 Å². The van der Waals surface area contributed by atoms with E-state index in [4.69, 9.17) is 5.73 Å². The molecule has 1 heterocycles. The van der Waals surface area contributed by atoms with E-state index in [0.717, 1.165) is 10.4 Å². The Morgan fingerprint density at radius 3 is 2.70 bits per heavy atom. The fourth-order valence-electron chi connectivity index (χ4n) is 1.61. The number of rotatable bonds is 4. The fourth-order valence-corrected chi connectivity index (χ4v) is 2.79. The van der Waals surface area contributed by atoms with Crippen LogP contribution in [0.2, 0.25) is 0 Å². The number of nitrogen functional groups attached to an aromatic ring is 1. The van der Waals surface area contributed by atoms with Gasteiger partial charge in [0.25, 0.3) is 0 Å². The van der Waals surface area contributed by atoms with Crippen LogP contribution in [0.25, 0.3) is 0 Å². The summed E-state index contributed by atoms with van der Waals surface area (Å²) in [5.74, 6) is -0.270. The SMILES string of the molecule is Cc1c(N)cc(S(=O)(=O)N(C)Cc2ncn[nH]2)cc1F. The third kappa shape index (κ3) is 2.63. The number of nitrogens with zero attached hydrogens (tertiary/aromatic N) is 3. The summed E-state index contributed by atoms with van der Waals surface area (Å²) in [4.78, 5) is 3.65. The second-order valence-corrected chi connectivity index (χ2v) is 6.36. The number of nitrogens with two attached hydrogens (primary N) is 1. The van der Waals surface area contributed by atoms with E-state index in [1.165, 1.54) is 26.4 Å². The maximum Gasteiger partial charge on any atom is 0.243 e. The molecule has 9 heteroatoms. The van der Waals surface area contributed by atoms with Gasteiger partial charge in [-0.15, -0.1) is 0 Å². The van der Waals surface area contributed by atoms with Gasteiger partial charge in [0.1, 0.15) is 18.0 Å². The van der Waals surface area contributed by atoms with E-state index in [9.17, 15) is 12.8 Å². The average molecular weight is 299 g/mol. The highest BCUT2D eigenvalue weighted by molar-refractivity contribution is 7.89. The molecule has 108 valence electrons. The Kier molecular flexibility index (Phi) is 3.73. The third-order valence-electron chi connectivity index (χ3n) is 2.90. The molecule has 3 N–H and O–H groups in total. The number of aromatic nitrogens is 3. The minimum Gasteiger partial charge on any atom is -0.398 e. The molecule has 0 saturated heterocycles. The Morgan fingerprint density at radius 1 is 1.45 bits per heavy atom. The van der Waals surface area contributed by atoms with Crippen molar-refractivity contribution < 1.29 is 12.8 Å². The van der Waals surface area contributed by atoms with Crippen LogP contribution in [0, 0.1) is 12.7 Å². The molecule has 0 fully saturated rings. The van der Waals surface area contributed by atoms with E-state index < -0.39 is 15.8 Å². The zero-order valence-electron chi connectivity index (χ0n) is 11.0. The summed E-state index contributed by atoms with van der Waals surface area (Å²) in [5, 5.41) is 6.19. The highest BCUT2D eigenvalue weighted by Gasteiger charge is 2.23. The molecule has 0 aliphatic carbocycles. The lowest BCUT2D eigenvalue weighted by molar-refractivity contribution is 0.456. The lowest BCUT2D eigenvalue weighted by Crippen LogP contribution is -2.27. The molecule has 1 aromatic carbocycles. The zero-order valence-corrected chi connectivity index (χ0v) is 11.8. The molecule has 0 aliphatic rings. The largest absolute Gasteiger partial charge is 0.398 e. The van der Waals surface area contributed by atoms with E-state index in [1.807, 2.05) is 0 Å². The molecule has 20 heavy (non-hydrogen) atoms. The molecule has 0 amide bonds. The van der Waals surface area contributed by atoms with Crippen molar-refractivity contribution in [3.8, 4) is 0 Å². The Hall–Kier alpha value is -2.00. The fraction of sp³-hybridized carbons (Fsp3) is 0.273. The van der Waals surface area contributed by atoms with Crippen molar-refractivity contribution in [2.45, 2.75) is 18.4 Å². The second-order valence-electron chi connectivity index (χ2n) is 4.31. The first-order chi connectivity index (χ1) is 9.32. The summed E-state index contributed by atoms with van der Waals surface area (Å²) in [6.07, 6.45) is 1.28. The van der Waals surface area contributed by atoms with Gasteiger partial charge in [0.2, 0.25) is 10.0 Å². The minimum atomic E-state index is -3.85. The van der Waals surface area contributed by atoms with Gasteiger partial charge in [0.05, 0.1) is 11.4 Å². The molecule has 7 nitrogen and oxygen atoms in total. The summed E-state index contributed by atoms with van der Waals surface area (Å²) in [6, 6.07) is 2.20. The summed E-state index contributed by atoms with van der Waals surface area (Å²) in [7, 11) is -2.48. The smallest absolute Gasteiger partial charge is 0.243 e. The number of hydrogen-bond acceptors (Lipinski definition) is 5.